The largest absolute Gasteiger partial charge is 0.361 e. The summed E-state index contributed by atoms with van der Waals surface area (Å²) in [6.45, 7) is 4.17. The van der Waals surface area contributed by atoms with Gasteiger partial charge in [0.1, 0.15) is 11.6 Å². The number of rotatable bonds is 4. The number of hydrogen-bond acceptors (Lipinski definition) is 3. The van der Waals surface area contributed by atoms with Crippen LogP contribution in [0.2, 0.25) is 10.0 Å². The second-order valence-corrected chi connectivity index (χ2v) is 5.07. The fourth-order valence-electron chi connectivity index (χ4n) is 1.80. The summed E-state index contributed by atoms with van der Waals surface area (Å²) in [7, 11) is 0. The molecule has 0 radical (unpaired) electrons. The minimum atomic E-state index is -0.480. The molecule has 1 aromatic carbocycles. The molecule has 19 heavy (non-hydrogen) atoms. The highest BCUT2D eigenvalue weighted by Crippen LogP contribution is 2.32. The average molecular weight is 303 g/mol. The van der Waals surface area contributed by atoms with E-state index in [2.05, 4.69) is 10.5 Å². The fraction of sp³-hybridized carbons (Fsp3) is 0.308. The van der Waals surface area contributed by atoms with Crippen molar-refractivity contribution >= 4 is 23.2 Å². The van der Waals surface area contributed by atoms with Crippen molar-refractivity contribution in [3.8, 4) is 0 Å². The highest BCUT2D eigenvalue weighted by atomic mass is 35.5. The molecule has 0 saturated heterocycles. The second kappa shape index (κ2) is 5.90. The fourth-order valence-corrected chi connectivity index (χ4v) is 2.50. The molecule has 2 aromatic rings. The first-order valence-corrected chi connectivity index (χ1v) is 6.53. The van der Waals surface area contributed by atoms with E-state index in [-0.39, 0.29) is 11.1 Å². The topological polar surface area (TPSA) is 38.1 Å². The van der Waals surface area contributed by atoms with Crippen molar-refractivity contribution in [1.29, 1.82) is 0 Å². The zero-order valence-corrected chi connectivity index (χ0v) is 12.0. The molecule has 1 aromatic heterocycles. The van der Waals surface area contributed by atoms with E-state index in [0.717, 1.165) is 11.5 Å². The van der Waals surface area contributed by atoms with Gasteiger partial charge in [0.05, 0.1) is 10.7 Å². The average Bonchev–Trinajstić information content (AvgIpc) is 2.78. The first-order valence-electron chi connectivity index (χ1n) is 5.78. The molecule has 0 amide bonds. The van der Waals surface area contributed by atoms with Crippen LogP contribution in [-0.2, 0) is 6.54 Å². The molecule has 0 spiro atoms. The SMILES string of the molecule is Cc1cc(CNC(C)c2c(Cl)ccc(F)c2Cl)no1. The van der Waals surface area contributed by atoms with Crippen LogP contribution in [0.1, 0.15) is 30.0 Å². The number of aromatic nitrogens is 1. The third-order valence-electron chi connectivity index (χ3n) is 2.78. The molecule has 1 heterocycles. The molecule has 1 unspecified atom stereocenters. The third kappa shape index (κ3) is 3.26. The normalized spacial score (nSPS) is 12.7. The monoisotopic (exact) mass is 302 g/mol. The van der Waals surface area contributed by atoms with Gasteiger partial charge < -0.3 is 9.84 Å². The lowest BCUT2D eigenvalue weighted by Gasteiger charge is -2.16. The maximum Gasteiger partial charge on any atom is 0.142 e. The van der Waals surface area contributed by atoms with Gasteiger partial charge in [-0.1, -0.05) is 28.4 Å². The van der Waals surface area contributed by atoms with E-state index in [0.29, 0.717) is 17.1 Å². The van der Waals surface area contributed by atoms with E-state index in [1.165, 1.54) is 12.1 Å². The lowest BCUT2D eigenvalue weighted by atomic mass is 10.1. The van der Waals surface area contributed by atoms with E-state index < -0.39 is 5.82 Å². The number of aryl methyl sites for hydroxylation is 1. The highest BCUT2D eigenvalue weighted by Gasteiger charge is 2.17. The van der Waals surface area contributed by atoms with Gasteiger partial charge in [0.2, 0.25) is 0 Å². The zero-order valence-electron chi connectivity index (χ0n) is 10.5. The predicted molar refractivity (Wildman–Crippen MR) is 72.9 cm³/mol. The maximum atomic E-state index is 13.4. The number of nitrogens with zero attached hydrogens (tertiary/aromatic N) is 1. The maximum absolute atomic E-state index is 13.4. The Bertz CT molecular complexity index is 586. The minimum Gasteiger partial charge on any atom is -0.361 e. The summed E-state index contributed by atoms with van der Waals surface area (Å²) in [6, 6.07) is 4.38. The van der Waals surface area contributed by atoms with Crippen molar-refractivity contribution in [3.63, 3.8) is 0 Å². The number of benzene rings is 1. The van der Waals surface area contributed by atoms with Crippen molar-refractivity contribution in [1.82, 2.24) is 10.5 Å². The molecule has 0 fully saturated rings. The number of hydrogen-bond donors (Lipinski definition) is 1. The summed E-state index contributed by atoms with van der Waals surface area (Å²) < 4.78 is 18.4. The van der Waals surface area contributed by atoms with Crippen molar-refractivity contribution < 1.29 is 8.91 Å². The Kier molecular flexibility index (Phi) is 4.45. The van der Waals surface area contributed by atoms with Crippen LogP contribution < -0.4 is 5.32 Å². The smallest absolute Gasteiger partial charge is 0.142 e. The Morgan fingerprint density at radius 1 is 1.42 bits per heavy atom. The van der Waals surface area contributed by atoms with E-state index >= 15 is 0 Å². The molecule has 1 N–H and O–H groups in total. The third-order valence-corrected chi connectivity index (χ3v) is 3.49. The molecule has 2 rings (SSSR count). The highest BCUT2D eigenvalue weighted by molar-refractivity contribution is 6.36. The van der Waals surface area contributed by atoms with E-state index in [9.17, 15) is 4.39 Å². The molecule has 6 heteroatoms. The molecule has 1 atom stereocenters. The van der Waals surface area contributed by atoms with Gasteiger partial charge >= 0.3 is 0 Å². The summed E-state index contributed by atoms with van der Waals surface area (Å²) in [5, 5.41) is 7.52. The molecule has 3 nitrogen and oxygen atoms in total. The van der Waals surface area contributed by atoms with E-state index in [4.69, 9.17) is 27.7 Å². The van der Waals surface area contributed by atoms with Gasteiger partial charge in [-0.15, -0.1) is 0 Å². The molecule has 0 bridgehead atoms. The second-order valence-electron chi connectivity index (χ2n) is 4.29. The Morgan fingerprint density at radius 2 is 2.16 bits per heavy atom. The van der Waals surface area contributed by atoms with Crippen LogP contribution in [-0.4, -0.2) is 5.16 Å². The van der Waals surface area contributed by atoms with Crippen LogP contribution in [0.25, 0.3) is 0 Å². The van der Waals surface area contributed by atoms with Crippen LogP contribution >= 0.6 is 23.2 Å². The molecule has 0 aliphatic rings. The quantitative estimate of drug-likeness (QED) is 0.857. The van der Waals surface area contributed by atoms with Gasteiger partial charge in [-0.25, -0.2) is 4.39 Å². The van der Waals surface area contributed by atoms with Crippen LogP contribution in [0.4, 0.5) is 4.39 Å². The van der Waals surface area contributed by atoms with Gasteiger partial charge in [0, 0.05) is 29.2 Å². The van der Waals surface area contributed by atoms with Crippen molar-refractivity contribution in [2.75, 3.05) is 0 Å². The van der Waals surface area contributed by atoms with Gasteiger partial charge in [0.25, 0.3) is 0 Å². The number of halogens is 3. The van der Waals surface area contributed by atoms with E-state index in [1.807, 2.05) is 19.9 Å². The molecule has 0 aliphatic carbocycles. The van der Waals surface area contributed by atoms with Gasteiger partial charge in [-0.05, 0) is 26.0 Å². The molecule has 0 aliphatic heterocycles. The van der Waals surface area contributed by atoms with Gasteiger partial charge in [-0.3, -0.25) is 0 Å². The van der Waals surface area contributed by atoms with Crippen molar-refractivity contribution in [2.24, 2.45) is 0 Å². The Hall–Kier alpha value is -1.10. The minimum absolute atomic E-state index is 0.0452. The van der Waals surface area contributed by atoms with Crippen LogP contribution in [0.3, 0.4) is 0 Å². The van der Waals surface area contributed by atoms with Crippen molar-refractivity contribution in [2.45, 2.75) is 26.4 Å². The number of nitrogens with one attached hydrogen (secondary N) is 1. The molecular formula is C13H13Cl2FN2O. The lowest BCUT2D eigenvalue weighted by Crippen LogP contribution is -2.19. The Balaban J connectivity index is 2.12. The first-order chi connectivity index (χ1) is 8.99. The standard InChI is InChI=1S/C13H13Cl2FN2O/c1-7-5-9(18-19-7)6-17-8(2)12-10(14)3-4-11(16)13(12)15/h3-5,8,17H,6H2,1-2H3. The molecule has 102 valence electrons. The Labute approximate surface area is 120 Å². The summed E-state index contributed by atoms with van der Waals surface area (Å²) in [5.74, 6) is 0.262. The van der Waals surface area contributed by atoms with Crippen LogP contribution in [0, 0.1) is 12.7 Å². The van der Waals surface area contributed by atoms with Gasteiger partial charge in [-0.2, -0.15) is 0 Å². The van der Waals surface area contributed by atoms with Crippen LogP contribution in [0.5, 0.6) is 0 Å². The first kappa shape index (κ1) is 14.3. The summed E-state index contributed by atoms with van der Waals surface area (Å²) in [5.41, 5.74) is 1.32. The summed E-state index contributed by atoms with van der Waals surface area (Å²) in [4.78, 5) is 0. The van der Waals surface area contributed by atoms with Crippen molar-refractivity contribution in [3.05, 3.63) is 51.1 Å². The Morgan fingerprint density at radius 3 is 2.79 bits per heavy atom. The molecule has 0 saturated carbocycles. The van der Waals surface area contributed by atoms with E-state index in [1.54, 1.807) is 0 Å². The molecular weight excluding hydrogens is 290 g/mol. The summed E-state index contributed by atoms with van der Waals surface area (Å²) >= 11 is 12.0. The predicted octanol–water partition coefficient (Wildman–Crippen LogP) is 4.28. The zero-order chi connectivity index (χ0) is 14.0. The lowest BCUT2D eigenvalue weighted by molar-refractivity contribution is 0.386. The summed E-state index contributed by atoms with van der Waals surface area (Å²) in [6.07, 6.45) is 0. The van der Waals surface area contributed by atoms with Gasteiger partial charge in [0.15, 0.2) is 0 Å². The van der Waals surface area contributed by atoms with Crippen LogP contribution in [0.15, 0.2) is 22.7 Å².